The zero-order chi connectivity index (χ0) is 18.4. The maximum atomic E-state index is 13.2. The molecule has 0 fully saturated rings. The quantitative estimate of drug-likeness (QED) is 0.630. The molecule has 2 heterocycles. The number of amides is 1. The Bertz CT molecular complexity index is 877. The Morgan fingerprint density at radius 1 is 1.15 bits per heavy atom. The van der Waals surface area contributed by atoms with E-state index in [0.29, 0.717) is 37.3 Å². The first-order chi connectivity index (χ1) is 12.6. The fraction of sp³-hybridized carbons (Fsp3) is 0.263. The number of carbonyl (C=O) groups is 1. The average Bonchev–Trinajstić information content (AvgIpc) is 3.06. The standard InChI is InChI=1S/C19H20FN3O3/c1-25-16-5-7-17(8-6-16)26-10-2-3-19(24)21-11-15-13-23-12-14(20)4-9-18(23)22-15/h4-9,12-13H,2-3,10-11H2,1H3,(H,21,24). The van der Waals surface area contributed by atoms with E-state index in [-0.39, 0.29) is 11.7 Å². The molecule has 1 amide bonds. The van der Waals surface area contributed by atoms with E-state index in [1.165, 1.54) is 12.3 Å². The maximum absolute atomic E-state index is 13.2. The number of nitrogens with zero attached hydrogens (tertiary/aromatic N) is 2. The Morgan fingerprint density at radius 3 is 2.69 bits per heavy atom. The van der Waals surface area contributed by atoms with Crippen LogP contribution in [0.5, 0.6) is 11.5 Å². The van der Waals surface area contributed by atoms with Crippen LogP contribution in [0.2, 0.25) is 0 Å². The summed E-state index contributed by atoms with van der Waals surface area (Å²) in [6, 6.07) is 10.2. The van der Waals surface area contributed by atoms with Crippen molar-refractivity contribution in [3.63, 3.8) is 0 Å². The van der Waals surface area contributed by atoms with Crippen molar-refractivity contribution in [3.05, 3.63) is 60.3 Å². The highest BCUT2D eigenvalue weighted by molar-refractivity contribution is 5.75. The van der Waals surface area contributed by atoms with Gasteiger partial charge < -0.3 is 19.2 Å². The summed E-state index contributed by atoms with van der Waals surface area (Å²) in [5, 5.41) is 2.81. The van der Waals surface area contributed by atoms with Gasteiger partial charge in [0.2, 0.25) is 5.91 Å². The predicted molar refractivity (Wildman–Crippen MR) is 94.7 cm³/mol. The number of hydrogen-bond donors (Lipinski definition) is 1. The number of benzene rings is 1. The van der Waals surface area contributed by atoms with Gasteiger partial charge in [-0.3, -0.25) is 4.79 Å². The first-order valence-electron chi connectivity index (χ1n) is 8.31. The van der Waals surface area contributed by atoms with Crippen LogP contribution < -0.4 is 14.8 Å². The summed E-state index contributed by atoms with van der Waals surface area (Å²) in [4.78, 5) is 16.2. The summed E-state index contributed by atoms with van der Waals surface area (Å²) in [5.74, 6) is 1.10. The molecule has 0 spiro atoms. The second-order valence-electron chi connectivity index (χ2n) is 5.75. The van der Waals surface area contributed by atoms with E-state index >= 15 is 0 Å². The lowest BCUT2D eigenvalue weighted by molar-refractivity contribution is -0.121. The fourth-order valence-corrected chi connectivity index (χ4v) is 2.47. The van der Waals surface area contributed by atoms with Gasteiger partial charge in [-0.15, -0.1) is 0 Å². The molecule has 3 rings (SSSR count). The Labute approximate surface area is 150 Å². The lowest BCUT2D eigenvalue weighted by Gasteiger charge is -2.07. The molecule has 0 radical (unpaired) electrons. The molecular formula is C19H20FN3O3. The molecule has 0 aliphatic carbocycles. The number of methoxy groups -OCH3 is 1. The molecule has 136 valence electrons. The van der Waals surface area contributed by atoms with Crippen LogP contribution in [0.3, 0.4) is 0 Å². The molecule has 7 heteroatoms. The van der Waals surface area contributed by atoms with Crippen LogP contribution in [-0.4, -0.2) is 29.0 Å². The third-order valence-electron chi connectivity index (χ3n) is 3.81. The van der Waals surface area contributed by atoms with E-state index in [2.05, 4.69) is 10.3 Å². The monoisotopic (exact) mass is 357 g/mol. The number of fused-ring (bicyclic) bond motifs is 1. The van der Waals surface area contributed by atoms with E-state index in [9.17, 15) is 9.18 Å². The number of aromatic nitrogens is 2. The maximum Gasteiger partial charge on any atom is 0.220 e. The van der Waals surface area contributed by atoms with E-state index in [4.69, 9.17) is 9.47 Å². The Kier molecular flexibility index (Phi) is 5.68. The van der Waals surface area contributed by atoms with E-state index in [0.717, 1.165) is 11.5 Å². The molecule has 3 aromatic rings. The molecule has 0 aliphatic rings. The number of carbonyl (C=O) groups excluding carboxylic acids is 1. The van der Waals surface area contributed by atoms with Gasteiger partial charge in [-0.25, -0.2) is 9.37 Å². The van der Waals surface area contributed by atoms with Crippen molar-refractivity contribution < 1.29 is 18.7 Å². The summed E-state index contributed by atoms with van der Waals surface area (Å²) in [6.07, 6.45) is 4.02. The Hall–Kier alpha value is -3.09. The average molecular weight is 357 g/mol. The van der Waals surface area contributed by atoms with Crippen molar-refractivity contribution in [2.75, 3.05) is 13.7 Å². The first kappa shape index (κ1) is 17.7. The van der Waals surface area contributed by atoms with Crippen LogP contribution in [0.25, 0.3) is 5.65 Å². The van der Waals surface area contributed by atoms with Crippen LogP contribution >= 0.6 is 0 Å². The number of halogens is 1. The predicted octanol–water partition coefficient (Wildman–Crippen LogP) is 2.96. The van der Waals surface area contributed by atoms with Gasteiger partial charge in [0.1, 0.15) is 23.0 Å². The normalized spacial score (nSPS) is 10.7. The molecular weight excluding hydrogens is 337 g/mol. The molecule has 26 heavy (non-hydrogen) atoms. The van der Waals surface area contributed by atoms with Gasteiger partial charge in [-0.2, -0.15) is 0 Å². The molecule has 6 nitrogen and oxygen atoms in total. The topological polar surface area (TPSA) is 64.9 Å². The largest absolute Gasteiger partial charge is 0.497 e. The zero-order valence-corrected chi connectivity index (χ0v) is 14.4. The van der Waals surface area contributed by atoms with Gasteiger partial charge in [0.25, 0.3) is 0 Å². The third-order valence-corrected chi connectivity index (χ3v) is 3.81. The van der Waals surface area contributed by atoms with Gasteiger partial charge in [0, 0.05) is 18.8 Å². The van der Waals surface area contributed by atoms with Gasteiger partial charge in [0.05, 0.1) is 26.0 Å². The number of ether oxygens (including phenoxy) is 2. The highest BCUT2D eigenvalue weighted by Gasteiger charge is 2.06. The summed E-state index contributed by atoms with van der Waals surface area (Å²) in [5.41, 5.74) is 1.32. The minimum Gasteiger partial charge on any atom is -0.497 e. The van der Waals surface area contributed by atoms with Crippen LogP contribution in [0.1, 0.15) is 18.5 Å². The molecule has 0 saturated heterocycles. The Morgan fingerprint density at radius 2 is 1.92 bits per heavy atom. The molecule has 0 aliphatic heterocycles. The van der Waals surface area contributed by atoms with Crippen LogP contribution in [0.15, 0.2) is 48.8 Å². The van der Waals surface area contributed by atoms with E-state index in [1.807, 2.05) is 24.3 Å². The van der Waals surface area contributed by atoms with Crippen molar-refractivity contribution in [1.82, 2.24) is 14.7 Å². The summed E-state index contributed by atoms with van der Waals surface area (Å²) < 4.78 is 25.4. The number of rotatable bonds is 8. The smallest absolute Gasteiger partial charge is 0.220 e. The number of pyridine rings is 1. The SMILES string of the molecule is COc1ccc(OCCCC(=O)NCc2cn3cc(F)ccc3n2)cc1. The molecule has 0 saturated carbocycles. The number of nitrogens with one attached hydrogen (secondary N) is 1. The highest BCUT2D eigenvalue weighted by Crippen LogP contribution is 2.17. The summed E-state index contributed by atoms with van der Waals surface area (Å²) in [7, 11) is 1.61. The Balaban J connectivity index is 1.38. The highest BCUT2D eigenvalue weighted by atomic mass is 19.1. The lowest BCUT2D eigenvalue weighted by Crippen LogP contribution is -2.23. The van der Waals surface area contributed by atoms with Gasteiger partial charge in [-0.05, 0) is 42.8 Å². The molecule has 0 unspecified atom stereocenters. The molecule has 1 aromatic carbocycles. The van der Waals surface area contributed by atoms with Crippen molar-refractivity contribution >= 4 is 11.6 Å². The van der Waals surface area contributed by atoms with Crippen molar-refractivity contribution in [2.45, 2.75) is 19.4 Å². The van der Waals surface area contributed by atoms with Crippen LogP contribution in [0, 0.1) is 5.82 Å². The number of hydrogen-bond acceptors (Lipinski definition) is 4. The van der Waals surface area contributed by atoms with Gasteiger partial charge in [-0.1, -0.05) is 0 Å². The van der Waals surface area contributed by atoms with Gasteiger partial charge in [0.15, 0.2) is 0 Å². The molecule has 0 bridgehead atoms. The van der Waals surface area contributed by atoms with Crippen molar-refractivity contribution in [2.24, 2.45) is 0 Å². The lowest BCUT2D eigenvalue weighted by atomic mass is 10.3. The molecule has 1 N–H and O–H groups in total. The van der Waals surface area contributed by atoms with Crippen LogP contribution in [-0.2, 0) is 11.3 Å². The van der Waals surface area contributed by atoms with E-state index < -0.39 is 0 Å². The van der Waals surface area contributed by atoms with Crippen molar-refractivity contribution in [3.8, 4) is 11.5 Å². The number of imidazole rings is 1. The minimum atomic E-state index is -0.331. The molecule has 2 aromatic heterocycles. The minimum absolute atomic E-state index is 0.0773. The van der Waals surface area contributed by atoms with E-state index in [1.54, 1.807) is 23.8 Å². The summed E-state index contributed by atoms with van der Waals surface area (Å²) in [6.45, 7) is 0.759. The second-order valence-corrected chi connectivity index (χ2v) is 5.75. The molecule has 0 atom stereocenters. The van der Waals surface area contributed by atoms with Crippen LogP contribution in [0.4, 0.5) is 4.39 Å². The second kappa shape index (κ2) is 8.33. The zero-order valence-electron chi connectivity index (χ0n) is 14.4. The first-order valence-corrected chi connectivity index (χ1v) is 8.31. The third kappa shape index (κ3) is 4.72. The van der Waals surface area contributed by atoms with Gasteiger partial charge >= 0.3 is 0 Å². The fourth-order valence-electron chi connectivity index (χ4n) is 2.47. The van der Waals surface area contributed by atoms with Crippen molar-refractivity contribution in [1.29, 1.82) is 0 Å². The summed E-state index contributed by atoms with van der Waals surface area (Å²) >= 11 is 0.